The Bertz CT molecular complexity index is 238. The second kappa shape index (κ2) is 8.48. The summed E-state index contributed by atoms with van der Waals surface area (Å²) in [5, 5.41) is 12.2. The lowest BCUT2D eigenvalue weighted by atomic mass is 9.87. The predicted molar refractivity (Wildman–Crippen MR) is 75.5 cm³/mol. The van der Waals surface area contributed by atoms with Gasteiger partial charge in [-0.1, -0.05) is 13.8 Å². The smallest absolute Gasteiger partial charge is 0.239 e. The van der Waals surface area contributed by atoms with Crippen molar-refractivity contribution in [1.82, 2.24) is 10.2 Å². The standard InChI is InChI=1S/C14H30N2O2/c1-6-16(7-2)13(18)12(3)15-11-14(4,5)9-8-10-17/h12,15,17H,6-11H2,1-5H3. The molecular weight excluding hydrogens is 228 g/mol. The topological polar surface area (TPSA) is 52.6 Å². The lowest BCUT2D eigenvalue weighted by Gasteiger charge is -2.29. The number of carbonyl (C=O) groups is 1. The lowest BCUT2D eigenvalue weighted by Crippen LogP contribution is -2.47. The molecule has 0 fully saturated rings. The summed E-state index contributed by atoms with van der Waals surface area (Å²) in [7, 11) is 0. The van der Waals surface area contributed by atoms with Crippen molar-refractivity contribution < 1.29 is 9.90 Å². The van der Waals surface area contributed by atoms with E-state index in [1.165, 1.54) is 0 Å². The van der Waals surface area contributed by atoms with Crippen molar-refractivity contribution in [3.63, 3.8) is 0 Å². The van der Waals surface area contributed by atoms with Crippen LogP contribution < -0.4 is 5.32 Å². The number of amides is 1. The fourth-order valence-electron chi connectivity index (χ4n) is 1.97. The molecule has 0 heterocycles. The summed E-state index contributed by atoms with van der Waals surface area (Å²) in [5.74, 6) is 0.165. The van der Waals surface area contributed by atoms with Crippen molar-refractivity contribution >= 4 is 5.91 Å². The van der Waals surface area contributed by atoms with Crippen LogP contribution in [0.4, 0.5) is 0 Å². The molecule has 4 heteroatoms. The van der Waals surface area contributed by atoms with Crippen LogP contribution in [0.15, 0.2) is 0 Å². The minimum absolute atomic E-state index is 0.112. The number of rotatable bonds is 9. The van der Waals surface area contributed by atoms with Gasteiger partial charge in [-0.05, 0) is 39.0 Å². The van der Waals surface area contributed by atoms with Crippen LogP contribution in [-0.2, 0) is 4.79 Å². The molecule has 1 unspecified atom stereocenters. The number of hydrogen-bond donors (Lipinski definition) is 2. The van der Waals surface area contributed by atoms with Gasteiger partial charge in [-0.25, -0.2) is 0 Å². The zero-order valence-corrected chi connectivity index (χ0v) is 12.6. The summed E-state index contributed by atoms with van der Waals surface area (Å²) in [6, 6.07) is -0.140. The monoisotopic (exact) mass is 258 g/mol. The van der Waals surface area contributed by atoms with E-state index in [1.54, 1.807) is 0 Å². The average molecular weight is 258 g/mol. The number of hydrogen-bond acceptors (Lipinski definition) is 3. The van der Waals surface area contributed by atoms with E-state index in [4.69, 9.17) is 5.11 Å². The van der Waals surface area contributed by atoms with Gasteiger partial charge in [0.1, 0.15) is 0 Å². The Labute approximate surface area is 112 Å². The molecule has 0 aromatic rings. The molecule has 0 aliphatic rings. The SMILES string of the molecule is CCN(CC)C(=O)C(C)NCC(C)(C)CCCO. The number of likely N-dealkylation sites (N-methyl/N-ethyl adjacent to an activating group) is 1. The molecule has 0 rings (SSSR count). The first-order valence-electron chi connectivity index (χ1n) is 7.01. The zero-order valence-electron chi connectivity index (χ0n) is 12.6. The molecule has 0 saturated carbocycles. The molecule has 1 amide bonds. The van der Waals surface area contributed by atoms with E-state index < -0.39 is 0 Å². The van der Waals surface area contributed by atoms with Gasteiger partial charge < -0.3 is 15.3 Å². The van der Waals surface area contributed by atoms with Crippen LogP contribution >= 0.6 is 0 Å². The van der Waals surface area contributed by atoms with Gasteiger partial charge in [0, 0.05) is 26.2 Å². The normalized spacial score (nSPS) is 13.4. The first-order chi connectivity index (χ1) is 8.37. The quantitative estimate of drug-likeness (QED) is 0.661. The highest BCUT2D eigenvalue weighted by Gasteiger charge is 2.22. The molecular formula is C14H30N2O2. The van der Waals surface area contributed by atoms with Crippen LogP contribution in [0.2, 0.25) is 0 Å². The predicted octanol–water partition coefficient (Wildman–Crippen LogP) is 1.63. The molecule has 4 nitrogen and oxygen atoms in total. The van der Waals surface area contributed by atoms with Crippen LogP contribution in [0, 0.1) is 5.41 Å². The molecule has 0 bridgehead atoms. The highest BCUT2D eigenvalue weighted by atomic mass is 16.2. The van der Waals surface area contributed by atoms with E-state index in [1.807, 2.05) is 25.7 Å². The highest BCUT2D eigenvalue weighted by molar-refractivity contribution is 5.81. The molecule has 108 valence electrons. The summed E-state index contributed by atoms with van der Waals surface area (Å²) in [5.41, 5.74) is 0.112. The van der Waals surface area contributed by atoms with Gasteiger partial charge in [-0.2, -0.15) is 0 Å². The molecule has 0 radical (unpaired) electrons. The maximum Gasteiger partial charge on any atom is 0.239 e. The Morgan fingerprint density at radius 3 is 2.33 bits per heavy atom. The van der Waals surface area contributed by atoms with E-state index in [0.29, 0.717) is 0 Å². The van der Waals surface area contributed by atoms with Crippen LogP contribution in [0.5, 0.6) is 0 Å². The van der Waals surface area contributed by atoms with Gasteiger partial charge in [-0.15, -0.1) is 0 Å². The minimum Gasteiger partial charge on any atom is -0.396 e. The summed E-state index contributed by atoms with van der Waals surface area (Å²) in [6.07, 6.45) is 1.77. The molecule has 0 spiro atoms. The number of aliphatic hydroxyl groups is 1. The average Bonchev–Trinajstić information content (AvgIpc) is 2.35. The minimum atomic E-state index is -0.140. The third kappa shape index (κ3) is 6.36. The number of nitrogens with zero attached hydrogens (tertiary/aromatic N) is 1. The number of carbonyl (C=O) groups excluding carboxylic acids is 1. The van der Waals surface area contributed by atoms with Gasteiger partial charge in [0.2, 0.25) is 5.91 Å². The second-order valence-corrected chi connectivity index (χ2v) is 5.60. The van der Waals surface area contributed by atoms with Crippen molar-refractivity contribution in [2.45, 2.75) is 53.5 Å². The van der Waals surface area contributed by atoms with Crippen LogP contribution in [-0.4, -0.2) is 48.2 Å². The fourth-order valence-corrected chi connectivity index (χ4v) is 1.97. The van der Waals surface area contributed by atoms with Crippen LogP contribution in [0.25, 0.3) is 0 Å². The van der Waals surface area contributed by atoms with Crippen LogP contribution in [0.3, 0.4) is 0 Å². The number of aliphatic hydroxyl groups excluding tert-OH is 1. The third-order valence-corrected chi connectivity index (χ3v) is 3.34. The summed E-state index contributed by atoms with van der Waals surface area (Å²) >= 11 is 0. The van der Waals surface area contributed by atoms with Crippen molar-refractivity contribution in [3.05, 3.63) is 0 Å². The van der Waals surface area contributed by atoms with E-state index in [-0.39, 0.29) is 24.0 Å². The van der Waals surface area contributed by atoms with Gasteiger partial charge in [0.05, 0.1) is 6.04 Å². The second-order valence-electron chi connectivity index (χ2n) is 5.60. The van der Waals surface area contributed by atoms with Crippen molar-refractivity contribution in [2.75, 3.05) is 26.2 Å². The maximum atomic E-state index is 12.1. The molecule has 0 aliphatic heterocycles. The van der Waals surface area contributed by atoms with Crippen LogP contribution in [0.1, 0.15) is 47.5 Å². The first-order valence-corrected chi connectivity index (χ1v) is 7.01. The third-order valence-electron chi connectivity index (χ3n) is 3.34. The molecule has 0 aromatic carbocycles. The molecule has 0 saturated heterocycles. The summed E-state index contributed by atoms with van der Waals surface area (Å²) in [4.78, 5) is 13.9. The number of nitrogens with one attached hydrogen (secondary N) is 1. The van der Waals surface area contributed by atoms with E-state index in [9.17, 15) is 4.79 Å². The Hall–Kier alpha value is -0.610. The fraction of sp³-hybridized carbons (Fsp3) is 0.929. The molecule has 0 aromatic heterocycles. The zero-order chi connectivity index (χ0) is 14.2. The molecule has 2 N–H and O–H groups in total. The summed E-state index contributed by atoms with van der Waals surface area (Å²) < 4.78 is 0. The Morgan fingerprint density at radius 2 is 1.89 bits per heavy atom. The van der Waals surface area contributed by atoms with Gasteiger partial charge >= 0.3 is 0 Å². The van der Waals surface area contributed by atoms with Crippen molar-refractivity contribution in [2.24, 2.45) is 5.41 Å². The van der Waals surface area contributed by atoms with Crippen molar-refractivity contribution in [1.29, 1.82) is 0 Å². The largest absolute Gasteiger partial charge is 0.396 e. The maximum absolute atomic E-state index is 12.1. The van der Waals surface area contributed by atoms with E-state index >= 15 is 0 Å². The van der Waals surface area contributed by atoms with Gasteiger partial charge in [0.25, 0.3) is 0 Å². The Morgan fingerprint density at radius 1 is 1.33 bits per heavy atom. The molecule has 0 aliphatic carbocycles. The highest BCUT2D eigenvalue weighted by Crippen LogP contribution is 2.20. The molecule has 1 atom stereocenters. The first kappa shape index (κ1) is 17.4. The molecule has 18 heavy (non-hydrogen) atoms. The van der Waals surface area contributed by atoms with Gasteiger partial charge in [0.15, 0.2) is 0 Å². The Balaban J connectivity index is 4.15. The summed E-state index contributed by atoms with van der Waals surface area (Å²) in [6.45, 7) is 12.8. The lowest BCUT2D eigenvalue weighted by molar-refractivity contribution is -0.132. The van der Waals surface area contributed by atoms with Crippen molar-refractivity contribution in [3.8, 4) is 0 Å². The van der Waals surface area contributed by atoms with E-state index in [0.717, 1.165) is 32.5 Å². The Kier molecular flexibility index (Phi) is 8.20. The van der Waals surface area contributed by atoms with Gasteiger partial charge in [-0.3, -0.25) is 4.79 Å². The van der Waals surface area contributed by atoms with E-state index in [2.05, 4.69) is 19.2 Å².